The van der Waals surface area contributed by atoms with E-state index in [1.807, 2.05) is 43.5 Å². The summed E-state index contributed by atoms with van der Waals surface area (Å²) >= 11 is 1.58. The zero-order valence-electron chi connectivity index (χ0n) is 12.4. The van der Waals surface area contributed by atoms with E-state index in [4.69, 9.17) is 10.5 Å². The van der Waals surface area contributed by atoms with Crippen LogP contribution >= 0.6 is 11.3 Å². The number of ether oxygens (including phenoxy) is 1. The summed E-state index contributed by atoms with van der Waals surface area (Å²) in [6, 6.07) is 10.0. The third-order valence-electron chi connectivity index (χ3n) is 4.73. The number of aryl methyl sites for hydroxylation is 1. The molecule has 1 aromatic carbocycles. The molecular formula is C17H21NO2S. The molecule has 3 nitrogen and oxygen atoms in total. The number of fused-ring (bicyclic) bond motifs is 1. The average molecular weight is 303 g/mol. The van der Waals surface area contributed by atoms with Crippen LogP contribution in [-0.4, -0.2) is 18.3 Å². The molecule has 1 aliphatic heterocycles. The number of benzene rings is 1. The molecule has 0 amide bonds. The minimum Gasteiger partial charge on any atom is -0.493 e. The molecule has 112 valence electrons. The lowest BCUT2D eigenvalue weighted by Gasteiger charge is -2.47. The number of aliphatic hydroxyl groups is 1. The van der Waals surface area contributed by atoms with E-state index in [9.17, 15) is 5.11 Å². The van der Waals surface area contributed by atoms with Gasteiger partial charge in [-0.3, -0.25) is 0 Å². The fraction of sp³-hybridized carbons (Fsp3) is 0.412. The van der Waals surface area contributed by atoms with E-state index < -0.39 is 11.0 Å². The van der Waals surface area contributed by atoms with Crippen molar-refractivity contribution in [2.45, 2.75) is 25.9 Å². The molecule has 3 N–H and O–H groups in total. The van der Waals surface area contributed by atoms with Gasteiger partial charge >= 0.3 is 0 Å². The Morgan fingerprint density at radius 3 is 2.81 bits per heavy atom. The molecule has 2 unspecified atom stereocenters. The highest BCUT2D eigenvalue weighted by molar-refractivity contribution is 7.10. The molecule has 0 bridgehead atoms. The normalized spacial score (nSPS) is 24.0. The van der Waals surface area contributed by atoms with Gasteiger partial charge in [0, 0.05) is 11.4 Å². The predicted octanol–water partition coefficient (Wildman–Crippen LogP) is 2.84. The lowest BCUT2D eigenvalue weighted by molar-refractivity contribution is -0.0978. The first-order valence-electron chi connectivity index (χ1n) is 7.18. The smallest absolute Gasteiger partial charge is 0.122 e. The van der Waals surface area contributed by atoms with Crippen molar-refractivity contribution in [1.29, 1.82) is 0 Å². The van der Waals surface area contributed by atoms with Crippen LogP contribution in [-0.2, 0) is 12.0 Å². The van der Waals surface area contributed by atoms with Crippen molar-refractivity contribution in [3.63, 3.8) is 0 Å². The standard InChI is InChI=1S/C17H21NO2S/c1-12-7-8-21-15(12)16(2,19)17(10-18)9-13-5-3-4-6-14(13)20-11-17/h3-8,19H,9-11,18H2,1-2H3. The molecule has 2 aromatic rings. The Bertz CT molecular complexity index is 650. The van der Waals surface area contributed by atoms with Crippen LogP contribution in [0.4, 0.5) is 0 Å². The molecule has 1 aliphatic rings. The van der Waals surface area contributed by atoms with Gasteiger partial charge in [-0.1, -0.05) is 18.2 Å². The minimum absolute atomic E-state index is 0.381. The third-order valence-corrected chi connectivity index (χ3v) is 5.96. The van der Waals surface area contributed by atoms with E-state index >= 15 is 0 Å². The van der Waals surface area contributed by atoms with Gasteiger partial charge in [0.1, 0.15) is 11.4 Å². The maximum atomic E-state index is 11.3. The van der Waals surface area contributed by atoms with Crippen molar-refractivity contribution in [3.8, 4) is 5.75 Å². The van der Waals surface area contributed by atoms with E-state index in [1.54, 1.807) is 11.3 Å². The Kier molecular flexibility index (Phi) is 3.56. The van der Waals surface area contributed by atoms with Crippen molar-refractivity contribution in [3.05, 3.63) is 51.7 Å². The molecule has 0 radical (unpaired) electrons. The quantitative estimate of drug-likeness (QED) is 0.917. The second-order valence-corrected chi connectivity index (χ2v) is 6.98. The van der Waals surface area contributed by atoms with Crippen LogP contribution in [0.1, 0.15) is 22.9 Å². The second-order valence-electron chi connectivity index (χ2n) is 6.06. The molecule has 0 saturated heterocycles. The summed E-state index contributed by atoms with van der Waals surface area (Å²) in [5, 5.41) is 13.3. The van der Waals surface area contributed by atoms with Crippen molar-refractivity contribution >= 4 is 11.3 Å². The lowest BCUT2D eigenvalue weighted by Crippen LogP contribution is -2.55. The Balaban J connectivity index is 2.04. The maximum absolute atomic E-state index is 11.3. The van der Waals surface area contributed by atoms with Gasteiger partial charge < -0.3 is 15.6 Å². The molecule has 3 rings (SSSR count). The number of hydrogen-bond acceptors (Lipinski definition) is 4. The van der Waals surface area contributed by atoms with Crippen molar-refractivity contribution < 1.29 is 9.84 Å². The van der Waals surface area contributed by atoms with E-state index in [0.29, 0.717) is 13.2 Å². The van der Waals surface area contributed by atoms with Gasteiger partial charge in [-0.25, -0.2) is 0 Å². The summed E-state index contributed by atoms with van der Waals surface area (Å²) in [6.45, 7) is 4.72. The Labute approximate surface area is 129 Å². The zero-order chi connectivity index (χ0) is 15.1. The molecule has 2 heterocycles. The second kappa shape index (κ2) is 5.13. The van der Waals surface area contributed by atoms with Crippen molar-refractivity contribution in [2.24, 2.45) is 11.1 Å². The van der Waals surface area contributed by atoms with E-state index in [0.717, 1.165) is 28.2 Å². The van der Waals surface area contributed by atoms with Gasteiger partial charge in [0.05, 0.1) is 12.0 Å². The zero-order valence-corrected chi connectivity index (χ0v) is 13.2. The number of hydrogen-bond donors (Lipinski definition) is 2. The van der Waals surface area contributed by atoms with Crippen LogP contribution in [0.5, 0.6) is 5.75 Å². The topological polar surface area (TPSA) is 55.5 Å². The summed E-state index contributed by atoms with van der Waals surface area (Å²) in [5.41, 5.74) is 6.82. The summed E-state index contributed by atoms with van der Waals surface area (Å²) in [6.07, 6.45) is 0.726. The predicted molar refractivity (Wildman–Crippen MR) is 85.8 cm³/mol. The molecule has 21 heavy (non-hydrogen) atoms. The molecular weight excluding hydrogens is 282 g/mol. The van der Waals surface area contributed by atoms with Gasteiger partial charge in [-0.15, -0.1) is 11.3 Å². The number of thiophene rings is 1. The van der Waals surface area contributed by atoms with Crippen molar-refractivity contribution in [1.82, 2.24) is 0 Å². The molecule has 4 heteroatoms. The first-order valence-corrected chi connectivity index (χ1v) is 8.06. The van der Waals surface area contributed by atoms with Gasteiger partial charge in [0.2, 0.25) is 0 Å². The van der Waals surface area contributed by atoms with Gasteiger partial charge in [0.25, 0.3) is 0 Å². The maximum Gasteiger partial charge on any atom is 0.122 e. The monoisotopic (exact) mass is 303 g/mol. The fourth-order valence-corrected chi connectivity index (χ4v) is 4.29. The fourth-order valence-electron chi connectivity index (χ4n) is 3.18. The van der Waals surface area contributed by atoms with Gasteiger partial charge in [-0.05, 0) is 48.9 Å². The summed E-state index contributed by atoms with van der Waals surface area (Å²) in [5.74, 6) is 0.903. The van der Waals surface area contributed by atoms with Crippen molar-refractivity contribution in [2.75, 3.05) is 13.2 Å². The van der Waals surface area contributed by atoms with E-state index in [2.05, 4.69) is 6.07 Å². The number of nitrogens with two attached hydrogens (primary N) is 1. The lowest BCUT2D eigenvalue weighted by atomic mass is 9.67. The molecule has 2 atom stereocenters. The van der Waals surface area contributed by atoms with E-state index in [1.165, 1.54) is 0 Å². The molecule has 1 aromatic heterocycles. The Hall–Kier alpha value is -1.36. The van der Waals surface area contributed by atoms with E-state index in [-0.39, 0.29) is 0 Å². The van der Waals surface area contributed by atoms with Gasteiger partial charge in [0.15, 0.2) is 0 Å². The van der Waals surface area contributed by atoms with Crippen LogP contribution in [0.15, 0.2) is 35.7 Å². The molecule has 0 aliphatic carbocycles. The Morgan fingerprint density at radius 2 is 2.14 bits per heavy atom. The SMILES string of the molecule is Cc1ccsc1C(C)(O)C1(CN)COc2ccccc2C1. The first-order chi connectivity index (χ1) is 10.00. The number of para-hydroxylation sites is 1. The molecule has 0 spiro atoms. The van der Waals surface area contributed by atoms with Crippen LogP contribution < -0.4 is 10.5 Å². The summed E-state index contributed by atoms with van der Waals surface area (Å²) in [7, 11) is 0. The van der Waals surface area contributed by atoms with Crippen LogP contribution in [0.2, 0.25) is 0 Å². The number of rotatable bonds is 3. The highest BCUT2D eigenvalue weighted by Crippen LogP contribution is 2.48. The summed E-state index contributed by atoms with van der Waals surface area (Å²) < 4.78 is 5.92. The van der Waals surface area contributed by atoms with Crippen LogP contribution in [0.3, 0.4) is 0 Å². The Morgan fingerprint density at radius 1 is 1.38 bits per heavy atom. The highest BCUT2D eigenvalue weighted by atomic mass is 32.1. The highest BCUT2D eigenvalue weighted by Gasteiger charge is 2.51. The van der Waals surface area contributed by atoms with Gasteiger partial charge in [-0.2, -0.15) is 0 Å². The largest absolute Gasteiger partial charge is 0.493 e. The van der Waals surface area contributed by atoms with Crippen LogP contribution in [0.25, 0.3) is 0 Å². The molecule has 0 saturated carbocycles. The van der Waals surface area contributed by atoms with Crippen LogP contribution in [0, 0.1) is 12.3 Å². The molecule has 0 fully saturated rings. The first kappa shape index (κ1) is 14.6. The third kappa shape index (κ3) is 2.18. The minimum atomic E-state index is -1.01. The average Bonchev–Trinajstić information content (AvgIpc) is 2.93. The summed E-state index contributed by atoms with van der Waals surface area (Å²) in [4.78, 5) is 0.982.